The Labute approximate surface area is 183 Å². The molecule has 2 aliphatic rings. The molecule has 3 rings (SSSR count). The molecule has 1 aromatic rings. The first kappa shape index (κ1) is 23.1. The average molecular weight is 436 g/mol. The molecule has 166 valence electrons. The second kappa shape index (κ2) is 11.1. The number of likely N-dealkylation sites (tertiary alicyclic amines) is 1. The number of nitrogens with one attached hydrogen (secondary N) is 1. The smallest absolute Gasteiger partial charge is 0.258 e. The third kappa shape index (κ3) is 5.55. The molecule has 0 aliphatic carbocycles. The Balaban J connectivity index is 1.59. The number of halogens is 1. The van der Waals surface area contributed by atoms with E-state index >= 15 is 0 Å². The van der Waals surface area contributed by atoms with Crippen molar-refractivity contribution in [2.75, 3.05) is 25.4 Å². The van der Waals surface area contributed by atoms with Gasteiger partial charge in [-0.3, -0.25) is 9.59 Å². The number of nitrogens with zero attached hydrogens (tertiary/aromatic N) is 2. The molecule has 0 saturated carbocycles. The van der Waals surface area contributed by atoms with Crippen molar-refractivity contribution in [3.05, 3.63) is 35.6 Å². The Morgan fingerprint density at radius 2 is 2.07 bits per heavy atom. The number of rotatable bonds is 8. The number of amides is 2. The molecule has 30 heavy (non-hydrogen) atoms. The van der Waals surface area contributed by atoms with Gasteiger partial charge in [0.2, 0.25) is 5.91 Å². The van der Waals surface area contributed by atoms with Crippen molar-refractivity contribution in [2.24, 2.45) is 0 Å². The molecule has 2 saturated heterocycles. The topological polar surface area (TPSA) is 52.7 Å². The summed E-state index contributed by atoms with van der Waals surface area (Å²) in [6.45, 7) is 7.05. The van der Waals surface area contributed by atoms with Crippen LogP contribution in [0.15, 0.2) is 24.3 Å². The summed E-state index contributed by atoms with van der Waals surface area (Å²) >= 11 is 1.62. The van der Waals surface area contributed by atoms with Crippen LogP contribution in [0.4, 0.5) is 4.39 Å². The van der Waals surface area contributed by atoms with E-state index in [9.17, 15) is 14.0 Å². The Morgan fingerprint density at radius 3 is 2.80 bits per heavy atom. The van der Waals surface area contributed by atoms with Gasteiger partial charge < -0.3 is 15.1 Å². The molecule has 7 heteroatoms. The van der Waals surface area contributed by atoms with Gasteiger partial charge in [0, 0.05) is 24.9 Å². The van der Waals surface area contributed by atoms with Crippen LogP contribution < -0.4 is 5.32 Å². The Morgan fingerprint density at radius 1 is 1.27 bits per heavy atom. The predicted octanol–water partition coefficient (Wildman–Crippen LogP) is 3.89. The second-order valence-electron chi connectivity index (χ2n) is 8.31. The Hall–Kier alpha value is -1.60. The average Bonchev–Trinajstić information content (AvgIpc) is 3.16. The van der Waals surface area contributed by atoms with Crippen molar-refractivity contribution < 1.29 is 14.0 Å². The zero-order chi connectivity index (χ0) is 21.5. The SMILES string of the molecule is CCCC1SCC(C(=O)NCCCN2CCCCC2C)N1C(=O)c1ccccc1F. The zero-order valence-corrected chi connectivity index (χ0v) is 18.9. The summed E-state index contributed by atoms with van der Waals surface area (Å²) in [6.07, 6.45) is 6.40. The molecule has 0 radical (unpaired) electrons. The molecule has 0 aromatic heterocycles. The maximum absolute atomic E-state index is 14.2. The molecule has 5 nitrogen and oxygen atoms in total. The van der Waals surface area contributed by atoms with Crippen LogP contribution in [-0.4, -0.2) is 64.5 Å². The second-order valence-corrected chi connectivity index (χ2v) is 9.52. The van der Waals surface area contributed by atoms with Crippen molar-refractivity contribution >= 4 is 23.6 Å². The number of carbonyl (C=O) groups excluding carboxylic acids is 2. The molecule has 2 fully saturated rings. The maximum Gasteiger partial charge on any atom is 0.258 e. The van der Waals surface area contributed by atoms with Crippen LogP contribution in [0.5, 0.6) is 0 Å². The van der Waals surface area contributed by atoms with Crippen molar-refractivity contribution in [3.8, 4) is 0 Å². The van der Waals surface area contributed by atoms with Gasteiger partial charge in [-0.05, 0) is 51.3 Å². The lowest BCUT2D eigenvalue weighted by Crippen LogP contribution is -2.50. The van der Waals surface area contributed by atoms with Gasteiger partial charge in [0.1, 0.15) is 11.9 Å². The van der Waals surface area contributed by atoms with Crippen LogP contribution in [0.2, 0.25) is 0 Å². The van der Waals surface area contributed by atoms with E-state index < -0.39 is 11.9 Å². The van der Waals surface area contributed by atoms with Gasteiger partial charge in [-0.25, -0.2) is 4.39 Å². The van der Waals surface area contributed by atoms with E-state index in [4.69, 9.17) is 0 Å². The van der Waals surface area contributed by atoms with Gasteiger partial charge >= 0.3 is 0 Å². The lowest BCUT2D eigenvalue weighted by molar-refractivity contribution is -0.124. The van der Waals surface area contributed by atoms with E-state index in [0.717, 1.165) is 32.4 Å². The minimum absolute atomic E-state index is 0.0398. The maximum atomic E-state index is 14.2. The summed E-state index contributed by atoms with van der Waals surface area (Å²) in [5.74, 6) is -0.499. The first-order valence-electron chi connectivity index (χ1n) is 11.2. The molecule has 0 spiro atoms. The third-order valence-corrected chi connectivity index (χ3v) is 7.49. The van der Waals surface area contributed by atoms with Crippen LogP contribution in [0.25, 0.3) is 0 Å². The number of carbonyl (C=O) groups is 2. The first-order chi connectivity index (χ1) is 14.5. The van der Waals surface area contributed by atoms with Crippen molar-refractivity contribution in [1.82, 2.24) is 15.1 Å². The van der Waals surface area contributed by atoms with Gasteiger partial charge in [0.05, 0.1) is 10.9 Å². The fourth-order valence-corrected chi connectivity index (χ4v) is 5.90. The minimum Gasteiger partial charge on any atom is -0.354 e. The van der Waals surface area contributed by atoms with E-state index in [1.807, 2.05) is 0 Å². The van der Waals surface area contributed by atoms with E-state index in [1.165, 1.54) is 31.4 Å². The highest BCUT2D eigenvalue weighted by molar-refractivity contribution is 8.00. The number of thioether (sulfide) groups is 1. The Kier molecular flexibility index (Phi) is 8.57. The third-order valence-electron chi connectivity index (χ3n) is 6.13. The van der Waals surface area contributed by atoms with Crippen LogP contribution in [0.3, 0.4) is 0 Å². The lowest BCUT2D eigenvalue weighted by atomic mass is 10.0. The van der Waals surface area contributed by atoms with Gasteiger partial charge in [-0.2, -0.15) is 0 Å². The standard InChI is InChI=1S/C23H34FN3O2S/c1-3-9-21-27(23(29)18-11-4-5-12-19(18)24)20(16-30-21)22(28)25-13-8-15-26-14-7-6-10-17(26)2/h4-5,11-12,17,20-21H,3,6-10,13-16H2,1-2H3,(H,25,28). The summed E-state index contributed by atoms with van der Waals surface area (Å²) in [5, 5.41) is 2.94. The molecule has 2 heterocycles. The highest BCUT2D eigenvalue weighted by atomic mass is 32.2. The number of piperidine rings is 1. The largest absolute Gasteiger partial charge is 0.354 e. The summed E-state index contributed by atoms with van der Waals surface area (Å²) in [4.78, 5) is 30.1. The van der Waals surface area contributed by atoms with Crippen LogP contribution >= 0.6 is 11.8 Å². The molecule has 3 unspecified atom stereocenters. The van der Waals surface area contributed by atoms with Crippen molar-refractivity contribution in [3.63, 3.8) is 0 Å². The first-order valence-corrected chi connectivity index (χ1v) is 12.3. The predicted molar refractivity (Wildman–Crippen MR) is 120 cm³/mol. The minimum atomic E-state index is -0.549. The molecule has 2 aliphatic heterocycles. The van der Waals surface area contributed by atoms with E-state index in [0.29, 0.717) is 18.3 Å². The summed E-state index contributed by atoms with van der Waals surface area (Å²) < 4.78 is 14.2. The van der Waals surface area contributed by atoms with Crippen LogP contribution in [0, 0.1) is 5.82 Å². The van der Waals surface area contributed by atoms with Crippen molar-refractivity contribution in [1.29, 1.82) is 0 Å². The van der Waals surface area contributed by atoms with Crippen LogP contribution in [-0.2, 0) is 4.79 Å². The summed E-state index contributed by atoms with van der Waals surface area (Å²) in [5.41, 5.74) is 0.0398. The van der Waals surface area contributed by atoms with E-state index in [-0.39, 0.29) is 22.8 Å². The quantitative estimate of drug-likeness (QED) is 0.630. The van der Waals surface area contributed by atoms with Gasteiger partial charge in [-0.15, -0.1) is 11.8 Å². The monoisotopic (exact) mass is 435 g/mol. The normalized spacial score (nSPS) is 24.8. The van der Waals surface area contributed by atoms with Gasteiger partial charge in [-0.1, -0.05) is 31.9 Å². The molecule has 1 aromatic carbocycles. The highest BCUT2D eigenvalue weighted by Crippen LogP contribution is 2.34. The zero-order valence-electron chi connectivity index (χ0n) is 18.1. The molecular weight excluding hydrogens is 401 g/mol. The molecule has 2 amide bonds. The van der Waals surface area contributed by atoms with Gasteiger partial charge in [0.25, 0.3) is 5.91 Å². The molecule has 0 bridgehead atoms. The van der Waals surface area contributed by atoms with Gasteiger partial charge in [0.15, 0.2) is 0 Å². The van der Waals surface area contributed by atoms with E-state index in [1.54, 1.807) is 28.8 Å². The highest BCUT2D eigenvalue weighted by Gasteiger charge is 2.41. The van der Waals surface area contributed by atoms with E-state index in [2.05, 4.69) is 24.1 Å². The number of hydrogen-bond acceptors (Lipinski definition) is 4. The van der Waals surface area contributed by atoms with Crippen LogP contribution in [0.1, 0.15) is 62.7 Å². The number of benzene rings is 1. The fraction of sp³-hybridized carbons (Fsp3) is 0.652. The lowest BCUT2D eigenvalue weighted by Gasteiger charge is -2.33. The van der Waals surface area contributed by atoms with Crippen molar-refractivity contribution in [2.45, 2.75) is 69.8 Å². The molecular formula is C23H34FN3O2S. The molecule has 1 N–H and O–H groups in total. The number of hydrogen-bond donors (Lipinski definition) is 1. The molecule has 3 atom stereocenters. The Bertz CT molecular complexity index is 732. The summed E-state index contributed by atoms with van der Waals surface area (Å²) in [7, 11) is 0. The summed E-state index contributed by atoms with van der Waals surface area (Å²) in [6, 6.07) is 6.09. The fourth-order valence-electron chi connectivity index (χ4n) is 4.38.